The summed E-state index contributed by atoms with van der Waals surface area (Å²) in [5.41, 5.74) is 1.50. The lowest BCUT2D eigenvalue weighted by Crippen LogP contribution is -2.35. The molecule has 1 aromatic heterocycles. The second kappa shape index (κ2) is 7.98. The Morgan fingerprint density at radius 3 is 2.48 bits per heavy atom. The molecule has 25 heavy (non-hydrogen) atoms. The molecule has 1 saturated carbocycles. The van der Waals surface area contributed by atoms with Gasteiger partial charge in [-0.1, -0.05) is 25.3 Å². The first-order valence-electron chi connectivity index (χ1n) is 8.56. The number of nitrogens with one attached hydrogen (secondary N) is 2. The maximum atomic E-state index is 12.3. The predicted octanol–water partition coefficient (Wildman–Crippen LogP) is 3.41. The maximum Gasteiger partial charge on any atom is 0.258 e. The van der Waals surface area contributed by atoms with Gasteiger partial charge in [-0.2, -0.15) is 0 Å². The molecule has 2 amide bonds. The summed E-state index contributed by atoms with van der Waals surface area (Å²) in [5, 5.41) is 15.7. The zero-order valence-electron chi connectivity index (χ0n) is 13.9. The summed E-state index contributed by atoms with van der Waals surface area (Å²) in [6, 6.07) is 8.41. The van der Waals surface area contributed by atoms with Crippen LogP contribution in [0.25, 0.3) is 0 Å². The highest BCUT2D eigenvalue weighted by molar-refractivity contribution is 6.04. The fourth-order valence-electron chi connectivity index (χ4n) is 3.15. The number of aliphatic hydroxyl groups excluding tert-OH is 1. The quantitative estimate of drug-likeness (QED) is 0.776. The van der Waals surface area contributed by atoms with Crippen molar-refractivity contribution in [3.63, 3.8) is 0 Å². The summed E-state index contributed by atoms with van der Waals surface area (Å²) in [4.78, 5) is 24.3. The van der Waals surface area contributed by atoms with Gasteiger partial charge in [0.25, 0.3) is 11.8 Å². The number of carbonyl (C=O) groups excluding carboxylic acids is 2. The van der Waals surface area contributed by atoms with Gasteiger partial charge < -0.3 is 20.2 Å². The number of hydrogen-bond acceptors (Lipinski definition) is 4. The Morgan fingerprint density at radius 1 is 1.08 bits per heavy atom. The van der Waals surface area contributed by atoms with Crippen molar-refractivity contribution in [2.75, 3.05) is 10.6 Å². The van der Waals surface area contributed by atoms with Crippen LogP contribution in [0.1, 0.15) is 42.5 Å². The van der Waals surface area contributed by atoms with Gasteiger partial charge in [-0.25, -0.2) is 0 Å². The molecule has 6 heteroatoms. The van der Waals surface area contributed by atoms with Crippen LogP contribution in [0.5, 0.6) is 0 Å². The van der Waals surface area contributed by atoms with Crippen LogP contribution in [0.15, 0.2) is 47.3 Å². The van der Waals surface area contributed by atoms with Gasteiger partial charge in [0.2, 0.25) is 0 Å². The molecule has 1 fully saturated rings. The number of hydrogen-bond donors (Lipinski definition) is 3. The SMILES string of the molecule is O=C(Nc1cccc(NC(=O)[C@H](O)C2CCCCC2)c1)c1ccoc1. The Kier molecular flexibility index (Phi) is 5.50. The van der Waals surface area contributed by atoms with Crippen LogP contribution in [0.3, 0.4) is 0 Å². The Hall–Kier alpha value is -2.60. The van der Waals surface area contributed by atoms with E-state index in [0.29, 0.717) is 16.9 Å². The molecule has 1 atom stereocenters. The second-order valence-corrected chi connectivity index (χ2v) is 6.38. The summed E-state index contributed by atoms with van der Waals surface area (Å²) in [6.45, 7) is 0. The van der Waals surface area contributed by atoms with Crippen LogP contribution in [0.4, 0.5) is 11.4 Å². The Morgan fingerprint density at radius 2 is 1.80 bits per heavy atom. The summed E-state index contributed by atoms with van der Waals surface area (Å²) >= 11 is 0. The van der Waals surface area contributed by atoms with Crippen molar-refractivity contribution in [1.82, 2.24) is 0 Å². The van der Waals surface area contributed by atoms with Crippen LogP contribution in [0, 0.1) is 5.92 Å². The van der Waals surface area contributed by atoms with E-state index in [0.717, 1.165) is 25.7 Å². The summed E-state index contributed by atoms with van der Waals surface area (Å²) in [6.07, 6.45) is 6.85. The molecular weight excluding hydrogens is 320 g/mol. The Bertz CT molecular complexity index is 721. The lowest BCUT2D eigenvalue weighted by Gasteiger charge is -2.25. The molecule has 2 aromatic rings. The van der Waals surface area contributed by atoms with E-state index in [1.165, 1.54) is 18.9 Å². The van der Waals surface area contributed by atoms with Gasteiger partial charge in [-0.3, -0.25) is 9.59 Å². The van der Waals surface area contributed by atoms with E-state index in [2.05, 4.69) is 10.6 Å². The van der Waals surface area contributed by atoms with E-state index >= 15 is 0 Å². The number of anilines is 2. The summed E-state index contributed by atoms with van der Waals surface area (Å²) < 4.78 is 4.89. The van der Waals surface area contributed by atoms with Crippen molar-refractivity contribution in [3.8, 4) is 0 Å². The monoisotopic (exact) mass is 342 g/mol. The normalized spacial score (nSPS) is 16.2. The number of carbonyl (C=O) groups is 2. The molecule has 0 unspecified atom stereocenters. The average molecular weight is 342 g/mol. The van der Waals surface area contributed by atoms with Gasteiger partial charge in [-0.15, -0.1) is 0 Å². The third-order valence-electron chi connectivity index (χ3n) is 4.54. The first-order valence-corrected chi connectivity index (χ1v) is 8.56. The van der Waals surface area contributed by atoms with Crippen molar-refractivity contribution < 1.29 is 19.1 Å². The van der Waals surface area contributed by atoms with Gasteiger partial charge in [0.05, 0.1) is 11.8 Å². The maximum absolute atomic E-state index is 12.3. The standard InChI is InChI=1S/C19H22N2O4/c22-17(13-5-2-1-3-6-13)19(24)21-16-8-4-7-15(11-16)20-18(23)14-9-10-25-12-14/h4,7-13,17,22H,1-3,5-6H2,(H,20,23)(H,21,24)/t17-/m1/s1. The van der Waals surface area contributed by atoms with Crippen molar-refractivity contribution in [1.29, 1.82) is 0 Å². The average Bonchev–Trinajstić information content (AvgIpc) is 3.17. The first-order chi connectivity index (χ1) is 12.1. The smallest absolute Gasteiger partial charge is 0.258 e. The fourth-order valence-corrected chi connectivity index (χ4v) is 3.15. The largest absolute Gasteiger partial charge is 0.472 e. The van der Waals surface area contributed by atoms with Gasteiger partial charge in [0.1, 0.15) is 12.4 Å². The van der Waals surface area contributed by atoms with Crippen molar-refractivity contribution in [2.24, 2.45) is 5.92 Å². The molecule has 0 bridgehead atoms. The number of amides is 2. The molecule has 1 aliphatic rings. The van der Waals surface area contributed by atoms with Gasteiger partial charge >= 0.3 is 0 Å². The van der Waals surface area contributed by atoms with Gasteiger partial charge in [0, 0.05) is 11.4 Å². The second-order valence-electron chi connectivity index (χ2n) is 6.38. The molecule has 3 N–H and O–H groups in total. The molecule has 1 aliphatic carbocycles. The molecule has 1 heterocycles. The van der Waals surface area contributed by atoms with Crippen LogP contribution < -0.4 is 10.6 Å². The van der Waals surface area contributed by atoms with Crippen molar-refractivity contribution in [2.45, 2.75) is 38.2 Å². The number of aliphatic hydroxyl groups is 1. The highest BCUT2D eigenvalue weighted by Crippen LogP contribution is 2.27. The molecule has 0 saturated heterocycles. The molecule has 0 spiro atoms. The highest BCUT2D eigenvalue weighted by atomic mass is 16.3. The van der Waals surface area contributed by atoms with E-state index in [1.807, 2.05) is 0 Å². The van der Waals surface area contributed by atoms with Crippen molar-refractivity contribution >= 4 is 23.2 Å². The molecule has 1 aromatic carbocycles. The van der Waals surface area contributed by atoms with Crippen molar-refractivity contribution in [3.05, 3.63) is 48.4 Å². The number of rotatable bonds is 5. The molecular formula is C19H22N2O4. The lowest BCUT2D eigenvalue weighted by atomic mass is 9.85. The van der Waals surface area contributed by atoms with Gasteiger partial charge in [-0.05, 0) is 43.0 Å². The molecule has 0 aliphatic heterocycles. The third kappa shape index (κ3) is 4.48. The molecule has 6 nitrogen and oxygen atoms in total. The number of benzene rings is 1. The van der Waals surface area contributed by atoms with E-state index in [-0.39, 0.29) is 11.8 Å². The zero-order chi connectivity index (χ0) is 17.6. The Balaban J connectivity index is 1.61. The summed E-state index contributed by atoms with van der Waals surface area (Å²) in [5.74, 6) is -0.664. The van der Waals surface area contributed by atoms with E-state index < -0.39 is 12.0 Å². The third-order valence-corrected chi connectivity index (χ3v) is 4.54. The molecule has 132 valence electrons. The minimum absolute atomic E-state index is 0.0257. The fraction of sp³-hybridized carbons (Fsp3) is 0.368. The van der Waals surface area contributed by atoms with Gasteiger partial charge in [0.15, 0.2) is 0 Å². The highest BCUT2D eigenvalue weighted by Gasteiger charge is 2.27. The molecule has 0 radical (unpaired) electrons. The van der Waals surface area contributed by atoms with Crippen LogP contribution in [-0.4, -0.2) is 23.0 Å². The van der Waals surface area contributed by atoms with Crippen LogP contribution in [-0.2, 0) is 4.79 Å². The van der Waals surface area contributed by atoms with Crippen LogP contribution >= 0.6 is 0 Å². The zero-order valence-corrected chi connectivity index (χ0v) is 13.9. The van der Waals surface area contributed by atoms with Crippen LogP contribution in [0.2, 0.25) is 0 Å². The first kappa shape index (κ1) is 17.2. The summed E-state index contributed by atoms with van der Waals surface area (Å²) in [7, 11) is 0. The lowest BCUT2D eigenvalue weighted by molar-refractivity contribution is -0.127. The van der Waals surface area contributed by atoms with E-state index in [1.54, 1.807) is 30.3 Å². The van der Waals surface area contributed by atoms with E-state index in [9.17, 15) is 14.7 Å². The number of furan rings is 1. The van der Waals surface area contributed by atoms with E-state index in [4.69, 9.17) is 4.42 Å². The minimum Gasteiger partial charge on any atom is -0.472 e. The topological polar surface area (TPSA) is 91.6 Å². The minimum atomic E-state index is -0.996. The molecule has 3 rings (SSSR count). The Labute approximate surface area is 146 Å². The predicted molar refractivity (Wildman–Crippen MR) is 94.3 cm³/mol.